The Morgan fingerprint density at radius 3 is 2.31 bits per heavy atom. The maximum Gasteiger partial charge on any atom is 0.282 e. The van der Waals surface area contributed by atoms with Crippen LogP contribution in [-0.2, 0) is 9.59 Å². The molecule has 0 spiro atoms. The summed E-state index contributed by atoms with van der Waals surface area (Å²) in [5, 5.41) is 0. The second-order valence-corrected chi connectivity index (χ2v) is 7.81. The standard InChI is InChI=1S/C27H26N2O3/c1-5-32-22-13-9-12-21(17-22)29-26(30)24(23-15-14-18(2)16-19(23)3)25(27(29)31)28(4)20-10-7-6-8-11-20/h6-17H,5H2,1-4H3. The molecule has 1 heterocycles. The van der Waals surface area contributed by atoms with Crippen molar-refractivity contribution in [2.45, 2.75) is 20.8 Å². The average Bonchev–Trinajstić information content (AvgIpc) is 3.04. The Morgan fingerprint density at radius 2 is 1.62 bits per heavy atom. The van der Waals surface area contributed by atoms with Gasteiger partial charge in [-0.3, -0.25) is 9.59 Å². The summed E-state index contributed by atoms with van der Waals surface area (Å²) in [7, 11) is 1.82. The van der Waals surface area contributed by atoms with Crippen LogP contribution in [0.25, 0.3) is 5.57 Å². The summed E-state index contributed by atoms with van der Waals surface area (Å²) in [5.74, 6) is -0.0816. The van der Waals surface area contributed by atoms with Crippen LogP contribution in [0.1, 0.15) is 23.6 Å². The molecule has 5 nitrogen and oxygen atoms in total. The van der Waals surface area contributed by atoms with E-state index in [1.54, 1.807) is 23.1 Å². The Kier molecular flexibility index (Phi) is 5.82. The Labute approximate surface area is 188 Å². The molecule has 0 aromatic heterocycles. The van der Waals surface area contributed by atoms with Crippen LogP contribution in [0, 0.1) is 13.8 Å². The molecule has 0 saturated carbocycles. The summed E-state index contributed by atoms with van der Waals surface area (Å²) in [6.45, 7) is 6.37. The topological polar surface area (TPSA) is 49.9 Å². The number of benzene rings is 3. The number of imide groups is 1. The predicted molar refractivity (Wildman–Crippen MR) is 128 cm³/mol. The van der Waals surface area contributed by atoms with E-state index in [0.717, 1.165) is 22.4 Å². The number of carbonyl (C=O) groups excluding carboxylic acids is 2. The number of hydrogen-bond acceptors (Lipinski definition) is 4. The van der Waals surface area contributed by atoms with E-state index in [0.29, 0.717) is 29.3 Å². The van der Waals surface area contributed by atoms with Crippen LogP contribution in [0.5, 0.6) is 5.75 Å². The molecule has 0 atom stereocenters. The van der Waals surface area contributed by atoms with Crippen molar-refractivity contribution in [2.24, 2.45) is 0 Å². The largest absolute Gasteiger partial charge is 0.494 e. The molecule has 162 valence electrons. The number of rotatable bonds is 6. The van der Waals surface area contributed by atoms with Crippen molar-refractivity contribution >= 4 is 28.8 Å². The molecule has 0 fully saturated rings. The van der Waals surface area contributed by atoms with Crippen molar-refractivity contribution in [3.63, 3.8) is 0 Å². The highest BCUT2D eigenvalue weighted by molar-refractivity contribution is 6.46. The summed E-state index contributed by atoms with van der Waals surface area (Å²) in [5.41, 5.74) is 4.89. The third kappa shape index (κ3) is 3.78. The summed E-state index contributed by atoms with van der Waals surface area (Å²) in [6.07, 6.45) is 0. The van der Waals surface area contributed by atoms with Crippen molar-refractivity contribution < 1.29 is 14.3 Å². The predicted octanol–water partition coefficient (Wildman–Crippen LogP) is 5.12. The number of hydrogen-bond donors (Lipinski definition) is 0. The number of nitrogens with zero attached hydrogens (tertiary/aromatic N) is 2. The maximum atomic E-state index is 13.7. The van der Waals surface area contributed by atoms with E-state index in [2.05, 4.69) is 0 Å². The number of ether oxygens (including phenoxy) is 1. The highest BCUT2D eigenvalue weighted by Crippen LogP contribution is 2.38. The summed E-state index contributed by atoms with van der Waals surface area (Å²) < 4.78 is 5.59. The summed E-state index contributed by atoms with van der Waals surface area (Å²) in [4.78, 5) is 30.5. The zero-order chi connectivity index (χ0) is 22.8. The first-order valence-corrected chi connectivity index (χ1v) is 10.6. The minimum absolute atomic E-state index is 0.339. The van der Waals surface area contributed by atoms with Crippen LogP contribution in [0.2, 0.25) is 0 Å². The van der Waals surface area contributed by atoms with Gasteiger partial charge in [-0.15, -0.1) is 0 Å². The molecule has 0 aliphatic carbocycles. The van der Waals surface area contributed by atoms with E-state index in [1.165, 1.54) is 4.90 Å². The molecule has 0 radical (unpaired) electrons. The number of amides is 2. The lowest BCUT2D eigenvalue weighted by atomic mass is 9.97. The highest BCUT2D eigenvalue weighted by atomic mass is 16.5. The molecular formula is C27H26N2O3. The Balaban J connectivity index is 1.88. The van der Waals surface area contributed by atoms with Gasteiger partial charge in [0.2, 0.25) is 0 Å². The van der Waals surface area contributed by atoms with Crippen LogP contribution >= 0.6 is 0 Å². The van der Waals surface area contributed by atoms with Crippen LogP contribution in [0.3, 0.4) is 0 Å². The van der Waals surface area contributed by atoms with Gasteiger partial charge >= 0.3 is 0 Å². The number of carbonyl (C=O) groups is 2. The summed E-state index contributed by atoms with van der Waals surface area (Å²) in [6, 6.07) is 22.6. The lowest BCUT2D eigenvalue weighted by Crippen LogP contribution is -2.34. The van der Waals surface area contributed by atoms with Gasteiger partial charge in [-0.05, 0) is 56.2 Å². The van der Waals surface area contributed by atoms with Crippen LogP contribution in [-0.4, -0.2) is 25.5 Å². The highest BCUT2D eigenvalue weighted by Gasteiger charge is 2.42. The third-order valence-corrected chi connectivity index (χ3v) is 5.58. The zero-order valence-corrected chi connectivity index (χ0v) is 18.8. The Bertz CT molecular complexity index is 1210. The minimum atomic E-state index is -0.357. The van der Waals surface area contributed by atoms with Crippen molar-refractivity contribution in [1.82, 2.24) is 0 Å². The molecule has 3 aromatic carbocycles. The molecule has 1 aliphatic rings. The van der Waals surface area contributed by atoms with Gasteiger partial charge < -0.3 is 9.64 Å². The van der Waals surface area contributed by atoms with E-state index >= 15 is 0 Å². The fourth-order valence-corrected chi connectivity index (χ4v) is 4.06. The number of likely N-dealkylation sites (N-methyl/N-ethyl adjacent to an activating group) is 1. The molecule has 0 unspecified atom stereocenters. The van der Waals surface area contributed by atoms with Gasteiger partial charge in [0.15, 0.2) is 0 Å². The molecule has 0 bridgehead atoms. The Morgan fingerprint density at radius 1 is 0.875 bits per heavy atom. The number of aryl methyl sites for hydroxylation is 2. The quantitative estimate of drug-likeness (QED) is 0.513. The molecule has 2 amide bonds. The molecule has 3 aromatic rings. The van der Waals surface area contributed by atoms with Crippen molar-refractivity contribution in [2.75, 3.05) is 23.5 Å². The fraction of sp³-hybridized carbons (Fsp3) is 0.185. The van der Waals surface area contributed by atoms with Gasteiger partial charge in [0.25, 0.3) is 11.8 Å². The van der Waals surface area contributed by atoms with Crippen LogP contribution < -0.4 is 14.5 Å². The van der Waals surface area contributed by atoms with Crippen LogP contribution in [0.4, 0.5) is 11.4 Å². The van der Waals surface area contributed by atoms with Crippen molar-refractivity contribution in [1.29, 1.82) is 0 Å². The molecule has 4 rings (SSSR count). The average molecular weight is 427 g/mol. The zero-order valence-electron chi connectivity index (χ0n) is 18.8. The van der Waals surface area contributed by atoms with Crippen molar-refractivity contribution in [3.8, 4) is 5.75 Å². The van der Waals surface area contributed by atoms with E-state index in [-0.39, 0.29) is 11.8 Å². The lowest BCUT2D eigenvalue weighted by Gasteiger charge is -2.22. The number of para-hydroxylation sites is 1. The van der Waals surface area contributed by atoms with Crippen LogP contribution in [0.15, 0.2) is 78.5 Å². The molecule has 32 heavy (non-hydrogen) atoms. The van der Waals surface area contributed by atoms with Gasteiger partial charge in [-0.25, -0.2) is 4.90 Å². The monoisotopic (exact) mass is 426 g/mol. The lowest BCUT2D eigenvalue weighted by molar-refractivity contribution is -0.120. The molecule has 1 aliphatic heterocycles. The van der Waals surface area contributed by atoms with E-state index in [4.69, 9.17) is 4.74 Å². The maximum absolute atomic E-state index is 13.7. The van der Waals surface area contributed by atoms with Gasteiger partial charge in [0, 0.05) is 18.8 Å². The van der Waals surface area contributed by atoms with Crippen molar-refractivity contribution in [3.05, 3.63) is 95.2 Å². The first-order chi connectivity index (χ1) is 15.4. The molecule has 0 N–H and O–H groups in total. The van der Waals surface area contributed by atoms with Gasteiger partial charge in [0.05, 0.1) is 17.9 Å². The molecule has 5 heteroatoms. The first kappa shape index (κ1) is 21.4. The minimum Gasteiger partial charge on any atom is -0.494 e. The third-order valence-electron chi connectivity index (χ3n) is 5.58. The fourth-order valence-electron chi connectivity index (χ4n) is 4.06. The van der Waals surface area contributed by atoms with Gasteiger partial charge in [0.1, 0.15) is 11.4 Å². The Hall–Kier alpha value is -3.86. The first-order valence-electron chi connectivity index (χ1n) is 10.6. The molecule has 0 saturated heterocycles. The van der Waals surface area contributed by atoms with E-state index in [1.807, 2.05) is 82.4 Å². The smallest absolute Gasteiger partial charge is 0.282 e. The van der Waals surface area contributed by atoms with Gasteiger partial charge in [-0.2, -0.15) is 0 Å². The second kappa shape index (κ2) is 8.71. The second-order valence-electron chi connectivity index (χ2n) is 7.81. The molecular weight excluding hydrogens is 400 g/mol. The van der Waals surface area contributed by atoms with E-state index < -0.39 is 0 Å². The number of anilines is 2. The SMILES string of the molecule is CCOc1cccc(N2C(=O)C(c3ccc(C)cc3C)=C(N(C)c3ccccc3)C2=O)c1. The summed E-state index contributed by atoms with van der Waals surface area (Å²) >= 11 is 0. The normalized spacial score (nSPS) is 13.7. The van der Waals surface area contributed by atoms with E-state index in [9.17, 15) is 9.59 Å². The van der Waals surface area contributed by atoms with Gasteiger partial charge in [-0.1, -0.05) is 48.0 Å².